The Kier molecular flexibility index (Phi) is 4.96. The van der Waals surface area contributed by atoms with Crippen LogP contribution in [-0.2, 0) is 0 Å². The Morgan fingerprint density at radius 1 is 0.600 bits per heavy atom. The first-order chi connectivity index (χ1) is 14.5. The summed E-state index contributed by atoms with van der Waals surface area (Å²) in [6.07, 6.45) is 0. The van der Waals surface area contributed by atoms with Crippen molar-refractivity contribution in [1.82, 2.24) is 0 Å². The van der Waals surface area contributed by atoms with Crippen LogP contribution in [0.5, 0.6) is 23.0 Å². The fourth-order valence-corrected chi connectivity index (χ4v) is 3.02. The Labute approximate surface area is 170 Å². The van der Waals surface area contributed by atoms with Gasteiger partial charge in [0.2, 0.25) is 11.5 Å². The molecule has 0 aliphatic heterocycles. The normalized spacial score (nSPS) is 10.5. The number of fused-ring (bicyclic) bond motifs is 1. The van der Waals surface area contributed by atoms with Crippen molar-refractivity contribution in [2.75, 3.05) is 0 Å². The molecule has 0 bridgehead atoms. The van der Waals surface area contributed by atoms with Gasteiger partial charge in [-0.1, -0.05) is 36.4 Å². The third kappa shape index (κ3) is 3.74. The molecular formula is C22H14N2O6. The van der Waals surface area contributed by atoms with E-state index < -0.39 is 9.85 Å². The highest BCUT2D eigenvalue weighted by Gasteiger charge is 2.17. The fraction of sp³-hybridized carbons (Fsp3) is 0. The number of ether oxygens (including phenoxy) is 2. The Morgan fingerprint density at radius 2 is 1.17 bits per heavy atom. The van der Waals surface area contributed by atoms with Gasteiger partial charge >= 0.3 is 11.4 Å². The van der Waals surface area contributed by atoms with E-state index in [4.69, 9.17) is 9.47 Å². The minimum atomic E-state index is -0.505. The van der Waals surface area contributed by atoms with Crippen LogP contribution in [0.2, 0.25) is 0 Å². The summed E-state index contributed by atoms with van der Waals surface area (Å²) >= 11 is 0. The zero-order valence-corrected chi connectivity index (χ0v) is 15.4. The smallest absolute Gasteiger partial charge is 0.311 e. The minimum absolute atomic E-state index is 0.133. The highest BCUT2D eigenvalue weighted by atomic mass is 16.6. The van der Waals surface area contributed by atoms with Crippen LogP contribution in [-0.4, -0.2) is 9.85 Å². The molecule has 0 unspecified atom stereocenters. The lowest BCUT2D eigenvalue weighted by Gasteiger charge is -2.11. The summed E-state index contributed by atoms with van der Waals surface area (Å²) in [5, 5.41) is 23.9. The number of benzene rings is 4. The zero-order valence-electron chi connectivity index (χ0n) is 15.4. The number of para-hydroxylation sites is 4. The highest BCUT2D eigenvalue weighted by Crippen LogP contribution is 2.37. The van der Waals surface area contributed by atoms with Gasteiger partial charge in [0.1, 0.15) is 11.5 Å². The lowest BCUT2D eigenvalue weighted by Crippen LogP contribution is -1.94. The summed E-state index contributed by atoms with van der Waals surface area (Å²) in [5.74, 6) is 1.13. The van der Waals surface area contributed by atoms with Gasteiger partial charge in [-0.05, 0) is 41.8 Å². The van der Waals surface area contributed by atoms with E-state index in [9.17, 15) is 20.2 Å². The predicted octanol–water partition coefficient (Wildman–Crippen LogP) is 6.24. The zero-order chi connectivity index (χ0) is 21.1. The molecule has 0 spiro atoms. The third-order valence-electron chi connectivity index (χ3n) is 4.38. The van der Waals surface area contributed by atoms with Crippen LogP contribution in [0, 0.1) is 20.2 Å². The molecule has 0 fully saturated rings. The second kappa shape index (κ2) is 7.88. The topological polar surface area (TPSA) is 105 Å². The summed E-state index contributed by atoms with van der Waals surface area (Å²) in [6.45, 7) is 0. The lowest BCUT2D eigenvalue weighted by molar-refractivity contribution is -0.385. The maximum absolute atomic E-state index is 11.2. The summed E-state index contributed by atoms with van der Waals surface area (Å²) in [5.41, 5.74) is -0.267. The van der Waals surface area contributed by atoms with Crippen LogP contribution in [0.1, 0.15) is 0 Å². The van der Waals surface area contributed by atoms with E-state index in [0.717, 1.165) is 5.39 Å². The molecule has 0 aromatic heterocycles. The van der Waals surface area contributed by atoms with Gasteiger partial charge in [0, 0.05) is 17.5 Å². The number of nitro benzene ring substituents is 2. The summed E-state index contributed by atoms with van der Waals surface area (Å²) in [4.78, 5) is 21.4. The molecule has 30 heavy (non-hydrogen) atoms. The molecule has 8 heteroatoms. The second-order valence-corrected chi connectivity index (χ2v) is 6.29. The molecule has 4 aromatic carbocycles. The monoisotopic (exact) mass is 402 g/mol. The lowest BCUT2D eigenvalue weighted by atomic mass is 10.1. The predicted molar refractivity (Wildman–Crippen MR) is 110 cm³/mol. The van der Waals surface area contributed by atoms with E-state index in [1.165, 1.54) is 24.3 Å². The first-order valence-electron chi connectivity index (χ1n) is 8.88. The van der Waals surface area contributed by atoms with Gasteiger partial charge < -0.3 is 9.47 Å². The molecule has 0 amide bonds. The van der Waals surface area contributed by atoms with Crippen LogP contribution in [0.15, 0.2) is 84.9 Å². The molecule has 8 nitrogen and oxygen atoms in total. The summed E-state index contributed by atoms with van der Waals surface area (Å²) in [6, 6.07) is 22.7. The Hall–Kier alpha value is -4.46. The molecule has 0 aliphatic rings. The van der Waals surface area contributed by atoms with E-state index in [0.29, 0.717) is 16.9 Å². The van der Waals surface area contributed by atoms with Gasteiger partial charge in [0.15, 0.2) is 0 Å². The Morgan fingerprint density at radius 3 is 1.80 bits per heavy atom. The number of rotatable bonds is 6. The molecule has 0 N–H and O–H groups in total. The molecule has 0 radical (unpaired) electrons. The summed E-state index contributed by atoms with van der Waals surface area (Å²) < 4.78 is 11.5. The fourth-order valence-electron chi connectivity index (χ4n) is 3.02. The average Bonchev–Trinajstić information content (AvgIpc) is 2.74. The molecule has 148 valence electrons. The van der Waals surface area contributed by atoms with E-state index in [-0.39, 0.29) is 22.9 Å². The van der Waals surface area contributed by atoms with E-state index >= 15 is 0 Å². The number of nitro groups is 2. The number of hydrogen-bond donors (Lipinski definition) is 0. The van der Waals surface area contributed by atoms with Crippen molar-refractivity contribution in [3.8, 4) is 23.0 Å². The summed E-state index contributed by atoms with van der Waals surface area (Å²) in [7, 11) is 0. The first kappa shape index (κ1) is 18.9. The number of nitrogens with zero attached hydrogens (tertiary/aromatic N) is 2. The standard InChI is InChI=1S/C22H14N2O6/c25-23(26)18-7-1-3-9-21(18)29-16-12-13-17-15(14-16)6-5-11-20(17)30-22-10-4-2-8-19(22)24(27)28/h1-14H. The Balaban J connectivity index is 1.68. The average molecular weight is 402 g/mol. The molecule has 0 heterocycles. The van der Waals surface area contributed by atoms with Crippen molar-refractivity contribution in [1.29, 1.82) is 0 Å². The maximum atomic E-state index is 11.2. The minimum Gasteiger partial charge on any atom is -0.450 e. The quantitative estimate of drug-likeness (QED) is 0.279. The van der Waals surface area contributed by atoms with Gasteiger partial charge in [-0.2, -0.15) is 0 Å². The van der Waals surface area contributed by atoms with E-state index in [1.54, 1.807) is 54.6 Å². The molecule has 0 aliphatic carbocycles. The van der Waals surface area contributed by atoms with Gasteiger partial charge in [0.05, 0.1) is 9.85 Å². The van der Waals surface area contributed by atoms with Crippen molar-refractivity contribution in [2.24, 2.45) is 0 Å². The van der Waals surface area contributed by atoms with Crippen molar-refractivity contribution in [2.45, 2.75) is 0 Å². The van der Waals surface area contributed by atoms with Crippen LogP contribution in [0.25, 0.3) is 10.8 Å². The molecule has 0 saturated carbocycles. The molecule has 4 rings (SSSR count). The molecule has 0 saturated heterocycles. The van der Waals surface area contributed by atoms with Crippen molar-refractivity contribution < 1.29 is 19.3 Å². The van der Waals surface area contributed by atoms with E-state index in [2.05, 4.69) is 0 Å². The molecule has 4 aromatic rings. The van der Waals surface area contributed by atoms with Crippen molar-refractivity contribution >= 4 is 22.1 Å². The number of hydrogen-bond acceptors (Lipinski definition) is 6. The molecular weight excluding hydrogens is 388 g/mol. The van der Waals surface area contributed by atoms with Crippen LogP contribution >= 0.6 is 0 Å². The van der Waals surface area contributed by atoms with Crippen LogP contribution < -0.4 is 9.47 Å². The van der Waals surface area contributed by atoms with Gasteiger partial charge in [-0.25, -0.2) is 0 Å². The first-order valence-corrected chi connectivity index (χ1v) is 8.88. The SMILES string of the molecule is O=[N+]([O-])c1ccccc1Oc1ccc2c(Oc3ccccc3[N+](=O)[O-])cccc2c1. The van der Waals surface area contributed by atoms with Crippen molar-refractivity contribution in [3.63, 3.8) is 0 Å². The van der Waals surface area contributed by atoms with Crippen molar-refractivity contribution in [3.05, 3.63) is 105 Å². The highest BCUT2D eigenvalue weighted by molar-refractivity contribution is 5.89. The largest absolute Gasteiger partial charge is 0.450 e. The van der Waals surface area contributed by atoms with Gasteiger partial charge in [-0.3, -0.25) is 20.2 Å². The Bertz CT molecular complexity index is 1270. The van der Waals surface area contributed by atoms with E-state index in [1.807, 2.05) is 6.07 Å². The maximum Gasteiger partial charge on any atom is 0.311 e. The van der Waals surface area contributed by atoms with Crippen LogP contribution in [0.4, 0.5) is 11.4 Å². The van der Waals surface area contributed by atoms with Gasteiger partial charge in [-0.15, -0.1) is 0 Å². The third-order valence-corrected chi connectivity index (χ3v) is 4.38. The second-order valence-electron chi connectivity index (χ2n) is 6.29. The van der Waals surface area contributed by atoms with Gasteiger partial charge in [0.25, 0.3) is 0 Å². The van der Waals surface area contributed by atoms with Crippen LogP contribution in [0.3, 0.4) is 0 Å². The molecule has 0 atom stereocenters.